The van der Waals surface area contributed by atoms with Crippen molar-refractivity contribution in [3.63, 3.8) is 0 Å². The maximum atomic E-state index is 9.45. The number of rotatable bonds is 3. The number of β-amino-alcohol motifs (C(OH)–C–C–N with tert-alkyl or cyclic N) is 1. The standard InChI is InChI=1S/C13H19NO2/c1-10-7-11(3-4-13(10)16-2)8-14-6-5-12(15)9-14/h3-4,7,12,15H,5-6,8-9H2,1-2H3/t12-/m0/s1. The fourth-order valence-corrected chi connectivity index (χ4v) is 2.25. The molecule has 0 unspecified atom stereocenters. The third kappa shape index (κ3) is 2.54. The summed E-state index contributed by atoms with van der Waals surface area (Å²) < 4.78 is 5.23. The summed E-state index contributed by atoms with van der Waals surface area (Å²) in [5.41, 5.74) is 2.45. The number of hydrogen-bond acceptors (Lipinski definition) is 3. The van der Waals surface area contributed by atoms with Gasteiger partial charge in [-0.05, 0) is 30.5 Å². The van der Waals surface area contributed by atoms with Crippen LogP contribution in [0.3, 0.4) is 0 Å². The topological polar surface area (TPSA) is 32.7 Å². The molecule has 1 saturated heterocycles. The minimum Gasteiger partial charge on any atom is -0.496 e. The van der Waals surface area contributed by atoms with Crippen LogP contribution in [-0.2, 0) is 6.54 Å². The van der Waals surface area contributed by atoms with E-state index in [-0.39, 0.29) is 6.10 Å². The molecular weight excluding hydrogens is 202 g/mol. The first-order valence-electron chi connectivity index (χ1n) is 5.73. The molecule has 0 radical (unpaired) electrons. The summed E-state index contributed by atoms with van der Waals surface area (Å²) in [5, 5.41) is 9.45. The van der Waals surface area contributed by atoms with Crippen molar-refractivity contribution in [2.45, 2.75) is 26.0 Å². The van der Waals surface area contributed by atoms with E-state index in [0.29, 0.717) is 0 Å². The molecule has 1 aliphatic heterocycles. The molecule has 1 atom stereocenters. The van der Waals surface area contributed by atoms with Gasteiger partial charge in [0.05, 0.1) is 13.2 Å². The zero-order valence-corrected chi connectivity index (χ0v) is 9.94. The Hall–Kier alpha value is -1.06. The highest BCUT2D eigenvalue weighted by molar-refractivity contribution is 5.36. The summed E-state index contributed by atoms with van der Waals surface area (Å²) in [6, 6.07) is 6.26. The van der Waals surface area contributed by atoms with Crippen LogP contribution in [0.25, 0.3) is 0 Å². The quantitative estimate of drug-likeness (QED) is 0.841. The van der Waals surface area contributed by atoms with Gasteiger partial charge < -0.3 is 9.84 Å². The van der Waals surface area contributed by atoms with Crippen LogP contribution in [0.1, 0.15) is 17.5 Å². The molecule has 0 aliphatic carbocycles. The largest absolute Gasteiger partial charge is 0.496 e. The van der Waals surface area contributed by atoms with E-state index in [9.17, 15) is 5.11 Å². The van der Waals surface area contributed by atoms with E-state index in [1.807, 2.05) is 6.07 Å². The molecular formula is C13H19NO2. The highest BCUT2D eigenvalue weighted by Crippen LogP contribution is 2.20. The number of nitrogens with zero attached hydrogens (tertiary/aromatic N) is 1. The first-order chi connectivity index (χ1) is 7.69. The van der Waals surface area contributed by atoms with Crippen molar-refractivity contribution >= 4 is 0 Å². The van der Waals surface area contributed by atoms with Crippen molar-refractivity contribution in [3.05, 3.63) is 29.3 Å². The molecule has 1 aliphatic rings. The molecule has 1 aromatic rings. The van der Waals surface area contributed by atoms with Crippen molar-refractivity contribution in [1.29, 1.82) is 0 Å². The van der Waals surface area contributed by atoms with Crippen LogP contribution in [0.15, 0.2) is 18.2 Å². The Bertz CT molecular complexity index is 365. The van der Waals surface area contributed by atoms with Crippen LogP contribution in [0.4, 0.5) is 0 Å². The zero-order chi connectivity index (χ0) is 11.5. The molecule has 0 saturated carbocycles. The molecule has 1 fully saturated rings. The number of likely N-dealkylation sites (tertiary alicyclic amines) is 1. The maximum absolute atomic E-state index is 9.45. The Labute approximate surface area is 96.6 Å². The monoisotopic (exact) mass is 221 g/mol. The van der Waals surface area contributed by atoms with Gasteiger partial charge in [0.2, 0.25) is 0 Å². The highest BCUT2D eigenvalue weighted by atomic mass is 16.5. The molecule has 0 amide bonds. The molecule has 88 valence electrons. The molecule has 1 N–H and O–H groups in total. The first kappa shape index (κ1) is 11.4. The van der Waals surface area contributed by atoms with E-state index >= 15 is 0 Å². The number of ether oxygens (including phenoxy) is 1. The Morgan fingerprint density at radius 3 is 2.88 bits per heavy atom. The second-order valence-electron chi connectivity index (χ2n) is 4.48. The molecule has 16 heavy (non-hydrogen) atoms. The summed E-state index contributed by atoms with van der Waals surface area (Å²) in [4.78, 5) is 2.28. The molecule has 3 heteroatoms. The molecule has 1 aromatic carbocycles. The van der Waals surface area contributed by atoms with Gasteiger partial charge in [-0.3, -0.25) is 4.90 Å². The molecule has 1 heterocycles. The Balaban J connectivity index is 2.02. The summed E-state index contributed by atoms with van der Waals surface area (Å²) >= 11 is 0. The second-order valence-corrected chi connectivity index (χ2v) is 4.48. The average Bonchev–Trinajstić information content (AvgIpc) is 2.64. The SMILES string of the molecule is COc1ccc(CN2CC[C@H](O)C2)cc1C. The summed E-state index contributed by atoms with van der Waals surface area (Å²) in [6.07, 6.45) is 0.758. The number of aliphatic hydroxyl groups excluding tert-OH is 1. The molecule has 0 aromatic heterocycles. The van der Waals surface area contributed by atoms with E-state index in [1.54, 1.807) is 7.11 Å². The third-order valence-corrected chi connectivity index (χ3v) is 3.11. The van der Waals surface area contributed by atoms with Crippen LogP contribution in [-0.4, -0.2) is 36.3 Å². The van der Waals surface area contributed by atoms with Crippen molar-refractivity contribution in [2.24, 2.45) is 0 Å². The summed E-state index contributed by atoms with van der Waals surface area (Å²) in [6.45, 7) is 4.76. The third-order valence-electron chi connectivity index (χ3n) is 3.11. The molecule has 2 rings (SSSR count). The smallest absolute Gasteiger partial charge is 0.121 e. The number of benzene rings is 1. The van der Waals surface area contributed by atoms with E-state index in [0.717, 1.165) is 31.8 Å². The Morgan fingerprint density at radius 1 is 1.50 bits per heavy atom. The van der Waals surface area contributed by atoms with Gasteiger partial charge in [0.15, 0.2) is 0 Å². The van der Waals surface area contributed by atoms with Gasteiger partial charge in [-0.2, -0.15) is 0 Å². The van der Waals surface area contributed by atoms with Gasteiger partial charge in [0.25, 0.3) is 0 Å². The predicted octanol–water partition coefficient (Wildman–Crippen LogP) is 1.57. The lowest BCUT2D eigenvalue weighted by Gasteiger charge is -2.15. The second kappa shape index (κ2) is 4.85. The lowest BCUT2D eigenvalue weighted by molar-refractivity contribution is 0.175. The lowest BCUT2D eigenvalue weighted by atomic mass is 10.1. The van der Waals surface area contributed by atoms with Crippen LogP contribution < -0.4 is 4.74 Å². The fraction of sp³-hybridized carbons (Fsp3) is 0.538. The Morgan fingerprint density at radius 2 is 2.31 bits per heavy atom. The maximum Gasteiger partial charge on any atom is 0.121 e. The van der Waals surface area contributed by atoms with Gasteiger partial charge in [-0.1, -0.05) is 12.1 Å². The van der Waals surface area contributed by atoms with Crippen molar-refractivity contribution < 1.29 is 9.84 Å². The van der Waals surface area contributed by atoms with Gasteiger partial charge in [0.1, 0.15) is 5.75 Å². The van der Waals surface area contributed by atoms with E-state index in [1.165, 1.54) is 11.1 Å². The fourth-order valence-electron chi connectivity index (χ4n) is 2.25. The number of methoxy groups -OCH3 is 1. The number of aliphatic hydroxyl groups is 1. The van der Waals surface area contributed by atoms with Crippen molar-refractivity contribution in [3.8, 4) is 5.75 Å². The molecule has 0 spiro atoms. The van der Waals surface area contributed by atoms with Gasteiger partial charge in [-0.25, -0.2) is 0 Å². The minimum absolute atomic E-state index is 0.139. The zero-order valence-electron chi connectivity index (χ0n) is 9.94. The van der Waals surface area contributed by atoms with E-state index in [2.05, 4.69) is 24.0 Å². The van der Waals surface area contributed by atoms with Gasteiger partial charge in [-0.15, -0.1) is 0 Å². The van der Waals surface area contributed by atoms with Gasteiger partial charge >= 0.3 is 0 Å². The average molecular weight is 221 g/mol. The van der Waals surface area contributed by atoms with Crippen molar-refractivity contribution in [1.82, 2.24) is 4.90 Å². The number of aryl methyl sites for hydroxylation is 1. The van der Waals surface area contributed by atoms with Gasteiger partial charge in [0, 0.05) is 19.6 Å². The van der Waals surface area contributed by atoms with E-state index in [4.69, 9.17) is 4.74 Å². The lowest BCUT2D eigenvalue weighted by Crippen LogP contribution is -2.21. The minimum atomic E-state index is -0.139. The Kier molecular flexibility index (Phi) is 3.46. The number of hydrogen-bond donors (Lipinski definition) is 1. The molecule has 3 nitrogen and oxygen atoms in total. The predicted molar refractivity (Wildman–Crippen MR) is 63.6 cm³/mol. The first-order valence-corrected chi connectivity index (χ1v) is 5.73. The summed E-state index contributed by atoms with van der Waals surface area (Å²) in [5.74, 6) is 0.935. The highest BCUT2D eigenvalue weighted by Gasteiger charge is 2.19. The van der Waals surface area contributed by atoms with Crippen LogP contribution in [0.2, 0.25) is 0 Å². The van der Waals surface area contributed by atoms with Crippen LogP contribution >= 0.6 is 0 Å². The molecule has 0 bridgehead atoms. The summed E-state index contributed by atoms with van der Waals surface area (Å²) in [7, 11) is 1.69. The van der Waals surface area contributed by atoms with Crippen LogP contribution in [0, 0.1) is 6.92 Å². The van der Waals surface area contributed by atoms with Crippen molar-refractivity contribution in [2.75, 3.05) is 20.2 Å². The normalized spacial score (nSPS) is 21.3. The van der Waals surface area contributed by atoms with E-state index < -0.39 is 0 Å². The van der Waals surface area contributed by atoms with Crippen LogP contribution in [0.5, 0.6) is 5.75 Å².